The number of aryl methyl sites for hydroxylation is 1. The summed E-state index contributed by atoms with van der Waals surface area (Å²) in [7, 11) is -3.35. The lowest BCUT2D eigenvalue weighted by atomic mass is 10.2. The minimum absolute atomic E-state index is 0.423. The highest BCUT2D eigenvalue weighted by atomic mass is 32.2. The fraction of sp³-hybridized carbons (Fsp3) is 0.316. The molecule has 0 aliphatic carbocycles. The molecule has 9 heteroatoms. The van der Waals surface area contributed by atoms with Crippen LogP contribution in [-0.2, 0) is 16.6 Å². The van der Waals surface area contributed by atoms with E-state index in [4.69, 9.17) is 0 Å². The van der Waals surface area contributed by atoms with Crippen LogP contribution in [0.1, 0.15) is 11.3 Å². The zero-order valence-electron chi connectivity index (χ0n) is 15.5. The number of nitrogens with one attached hydrogen (secondary N) is 1. The van der Waals surface area contributed by atoms with Gasteiger partial charge < -0.3 is 5.32 Å². The maximum absolute atomic E-state index is 12.6. The Hall–Kier alpha value is -1.78. The Balaban J connectivity index is 1.32. The van der Waals surface area contributed by atoms with Crippen molar-refractivity contribution in [2.24, 2.45) is 0 Å². The van der Waals surface area contributed by atoms with Crippen LogP contribution in [0.15, 0.2) is 51.4 Å². The quantitative estimate of drug-likeness (QED) is 0.640. The molecular formula is C19H22N4O2S3. The Morgan fingerprint density at radius 3 is 2.50 bits per heavy atom. The molecule has 2 aromatic heterocycles. The van der Waals surface area contributed by atoms with Crippen LogP contribution < -0.4 is 5.32 Å². The zero-order chi connectivity index (χ0) is 19.6. The fourth-order valence-electron chi connectivity index (χ4n) is 3.09. The highest BCUT2D eigenvalue weighted by molar-refractivity contribution is 7.91. The molecule has 1 aromatic carbocycles. The fourth-order valence-corrected chi connectivity index (χ4v) is 6.38. The van der Waals surface area contributed by atoms with Crippen LogP contribution in [0.3, 0.4) is 0 Å². The second-order valence-electron chi connectivity index (χ2n) is 6.75. The number of hydrogen-bond donors (Lipinski definition) is 1. The van der Waals surface area contributed by atoms with E-state index in [1.54, 1.807) is 33.2 Å². The molecule has 0 amide bonds. The second-order valence-corrected chi connectivity index (χ2v) is 10.7. The lowest BCUT2D eigenvalue weighted by molar-refractivity contribution is 0.180. The van der Waals surface area contributed by atoms with Crippen molar-refractivity contribution in [2.75, 3.05) is 31.5 Å². The molecule has 1 N–H and O–H groups in total. The maximum Gasteiger partial charge on any atom is 0.252 e. The topological polar surface area (TPSA) is 65.5 Å². The van der Waals surface area contributed by atoms with Gasteiger partial charge in [0.15, 0.2) is 5.13 Å². The van der Waals surface area contributed by atoms with Gasteiger partial charge in [0.2, 0.25) is 0 Å². The van der Waals surface area contributed by atoms with E-state index in [0.29, 0.717) is 30.4 Å². The monoisotopic (exact) mass is 434 g/mol. The molecule has 1 aliphatic rings. The first-order valence-corrected chi connectivity index (χ1v) is 12.2. The summed E-state index contributed by atoms with van der Waals surface area (Å²) >= 11 is 2.86. The summed E-state index contributed by atoms with van der Waals surface area (Å²) < 4.78 is 27.2. The van der Waals surface area contributed by atoms with Gasteiger partial charge in [-0.15, -0.1) is 22.7 Å². The minimum atomic E-state index is -3.35. The van der Waals surface area contributed by atoms with E-state index in [2.05, 4.69) is 39.6 Å². The first-order chi connectivity index (χ1) is 13.5. The van der Waals surface area contributed by atoms with Crippen LogP contribution >= 0.6 is 22.7 Å². The highest BCUT2D eigenvalue weighted by Gasteiger charge is 2.29. The molecule has 28 heavy (non-hydrogen) atoms. The Morgan fingerprint density at radius 1 is 1.07 bits per heavy atom. The van der Waals surface area contributed by atoms with Gasteiger partial charge in [-0.05, 0) is 30.5 Å². The normalized spacial score (nSPS) is 16.3. The van der Waals surface area contributed by atoms with E-state index in [0.717, 1.165) is 23.1 Å². The Bertz CT molecular complexity index is 1010. The van der Waals surface area contributed by atoms with E-state index >= 15 is 0 Å². The van der Waals surface area contributed by atoms with Crippen LogP contribution in [0.2, 0.25) is 0 Å². The minimum Gasteiger partial charge on any atom is -0.332 e. The first kappa shape index (κ1) is 19.5. The van der Waals surface area contributed by atoms with Crippen molar-refractivity contribution in [1.82, 2.24) is 14.2 Å². The first-order valence-electron chi connectivity index (χ1n) is 9.05. The number of thiophene rings is 1. The van der Waals surface area contributed by atoms with Crippen molar-refractivity contribution in [1.29, 1.82) is 0 Å². The number of benzene rings is 1. The molecule has 3 heterocycles. The Morgan fingerprint density at radius 2 is 1.82 bits per heavy atom. The molecule has 1 fully saturated rings. The molecule has 0 radical (unpaired) electrons. The van der Waals surface area contributed by atoms with Crippen molar-refractivity contribution in [3.63, 3.8) is 0 Å². The van der Waals surface area contributed by atoms with E-state index in [1.807, 2.05) is 12.1 Å². The number of piperazine rings is 1. The van der Waals surface area contributed by atoms with Gasteiger partial charge >= 0.3 is 0 Å². The van der Waals surface area contributed by atoms with Gasteiger partial charge in [-0.3, -0.25) is 4.90 Å². The van der Waals surface area contributed by atoms with Gasteiger partial charge in [-0.2, -0.15) is 4.31 Å². The Labute approximate surface area is 173 Å². The van der Waals surface area contributed by atoms with Crippen molar-refractivity contribution in [3.05, 3.63) is 58.4 Å². The van der Waals surface area contributed by atoms with Crippen molar-refractivity contribution in [3.8, 4) is 0 Å². The third kappa shape index (κ3) is 4.44. The molecule has 0 spiro atoms. The summed E-state index contributed by atoms with van der Waals surface area (Å²) in [6.45, 7) is 5.25. The maximum atomic E-state index is 12.6. The van der Waals surface area contributed by atoms with Crippen molar-refractivity contribution in [2.45, 2.75) is 17.7 Å². The molecule has 1 aliphatic heterocycles. The van der Waals surface area contributed by atoms with E-state index < -0.39 is 10.0 Å². The van der Waals surface area contributed by atoms with Gasteiger partial charge in [0.05, 0.1) is 5.69 Å². The number of sulfonamides is 1. The predicted molar refractivity (Wildman–Crippen MR) is 115 cm³/mol. The molecule has 3 aromatic rings. The smallest absolute Gasteiger partial charge is 0.252 e. The van der Waals surface area contributed by atoms with Gasteiger partial charge in [-0.25, -0.2) is 13.4 Å². The largest absolute Gasteiger partial charge is 0.332 e. The van der Waals surface area contributed by atoms with Crippen LogP contribution in [0.25, 0.3) is 0 Å². The SMILES string of the molecule is Cc1ccc(Nc2nc(CN3CCN(S(=O)(=O)c4cccs4)CC3)cs2)cc1. The summed E-state index contributed by atoms with van der Waals surface area (Å²) in [6, 6.07) is 11.7. The predicted octanol–water partition coefficient (Wildman–Crippen LogP) is 3.76. The number of aromatic nitrogens is 1. The molecule has 4 rings (SSSR count). The van der Waals surface area contributed by atoms with Gasteiger partial charge in [0, 0.05) is 43.8 Å². The standard InChI is InChI=1S/C19H22N4O2S3/c1-15-4-6-16(7-5-15)20-19-21-17(14-27-19)13-22-8-10-23(11-9-22)28(24,25)18-3-2-12-26-18/h2-7,12,14H,8-11,13H2,1H3,(H,20,21). The average molecular weight is 435 g/mol. The third-order valence-electron chi connectivity index (χ3n) is 4.66. The number of nitrogens with zero attached hydrogens (tertiary/aromatic N) is 3. The molecule has 1 saturated heterocycles. The van der Waals surface area contributed by atoms with Crippen LogP contribution in [0.5, 0.6) is 0 Å². The van der Waals surface area contributed by atoms with E-state index in [9.17, 15) is 8.42 Å². The average Bonchev–Trinajstić information content (AvgIpc) is 3.37. The molecule has 148 valence electrons. The molecule has 0 bridgehead atoms. The molecule has 0 saturated carbocycles. The number of hydrogen-bond acceptors (Lipinski definition) is 7. The van der Waals surface area contributed by atoms with E-state index in [1.165, 1.54) is 16.9 Å². The summed E-state index contributed by atoms with van der Waals surface area (Å²) in [4.78, 5) is 6.92. The van der Waals surface area contributed by atoms with Crippen LogP contribution in [-0.4, -0.2) is 48.8 Å². The highest BCUT2D eigenvalue weighted by Crippen LogP contribution is 2.24. The van der Waals surface area contributed by atoms with E-state index in [-0.39, 0.29) is 0 Å². The zero-order valence-corrected chi connectivity index (χ0v) is 18.0. The Kier molecular flexibility index (Phi) is 5.79. The summed E-state index contributed by atoms with van der Waals surface area (Å²) in [5, 5.41) is 8.07. The van der Waals surface area contributed by atoms with Gasteiger partial charge in [0.1, 0.15) is 4.21 Å². The molecular weight excluding hydrogens is 412 g/mol. The van der Waals surface area contributed by atoms with Gasteiger partial charge in [0.25, 0.3) is 10.0 Å². The van der Waals surface area contributed by atoms with Crippen molar-refractivity contribution >= 4 is 43.5 Å². The second kappa shape index (κ2) is 8.30. The molecule has 0 atom stereocenters. The number of rotatable bonds is 6. The van der Waals surface area contributed by atoms with Crippen molar-refractivity contribution < 1.29 is 8.42 Å². The summed E-state index contributed by atoms with van der Waals surface area (Å²) in [6.07, 6.45) is 0. The van der Waals surface area contributed by atoms with Gasteiger partial charge in [-0.1, -0.05) is 23.8 Å². The lowest BCUT2D eigenvalue weighted by Gasteiger charge is -2.33. The number of anilines is 2. The third-order valence-corrected chi connectivity index (χ3v) is 8.74. The number of thiazole rings is 1. The summed E-state index contributed by atoms with van der Waals surface area (Å²) in [5.41, 5.74) is 3.26. The lowest BCUT2D eigenvalue weighted by Crippen LogP contribution is -2.48. The summed E-state index contributed by atoms with van der Waals surface area (Å²) in [5.74, 6) is 0. The van der Waals surface area contributed by atoms with Crippen LogP contribution in [0.4, 0.5) is 10.8 Å². The molecule has 0 unspecified atom stereocenters. The molecule has 6 nitrogen and oxygen atoms in total. The van der Waals surface area contributed by atoms with Crippen LogP contribution in [0, 0.1) is 6.92 Å².